The SMILES string of the molecule is O=C(Nc1ccc(-c2cccc(F)c2)cc1)N1CCN([C@@H]2CCNC2)CC1. The Morgan fingerprint density at radius 3 is 2.48 bits per heavy atom. The van der Waals surface area contributed by atoms with Crippen molar-refractivity contribution in [3.05, 3.63) is 54.3 Å². The van der Waals surface area contributed by atoms with Crippen molar-refractivity contribution in [2.75, 3.05) is 44.6 Å². The van der Waals surface area contributed by atoms with E-state index in [2.05, 4.69) is 15.5 Å². The summed E-state index contributed by atoms with van der Waals surface area (Å²) >= 11 is 0. The smallest absolute Gasteiger partial charge is 0.321 e. The van der Waals surface area contributed by atoms with Gasteiger partial charge in [0.2, 0.25) is 0 Å². The van der Waals surface area contributed by atoms with Crippen LogP contribution in [0.15, 0.2) is 48.5 Å². The standard InChI is InChI=1S/C21H25FN4O/c22-18-3-1-2-17(14-18)16-4-6-19(7-5-16)24-21(27)26-12-10-25(11-13-26)20-8-9-23-15-20/h1-7,14,20,23H,8-13,15H2,(H,24,27)/t20-/m1/s1. The lowest BCUT2D eigenvalue weighted by Crippen LogP contribution is -2.53. The molecule has 0 radical (unpaired) electrons. The van der Waals surface area contributed by atoms with Crippen molar-refractivity contribution in [2.24, 2.45) is 0 Å². The number of nitrogens with one attached hydrogen (secondary N) is 2. The quantitative estimate of drug-likeness (QED) is 0.876. The molecule has 142 valence electrons. The highest BCUT2D eigenvalue weighted by molar-refractivity contribution is 5.89. The topological polar surface area (TPSA) is 47.6 Å². The molecule has 2 heterocycles. The molecule has 0 saturated carbocycles. The molecule has 2 N–H and O–H groups in total. The lowest BCUT2D eigenvalue weighted by atomic mass is 10.1. The van der Waals surface area contributed by atoms with E-state index in [9.17, 15) is 9.18 Å². The summed E-state index contributed by atoms with van der Waals surface area (Å²) < 4.78 is 13.4. The van der Waals surface area contributed by atoms with Gasteiger partial charge in [0.15, 0.2) is 0 Å². The van der Waals surface area contributed by atoms with Crippen LogP contribution in [0.3, 0.4) is 0 Å². The first kappa shape index (κ1) is 17.9. The minimum atomic E-state index is -0.252. The number of halogens is 1. The summed E-state index contributed by atoms with van der Waals surface area (Å²) in [5.74, 6) is -0.252. The predicted molar refractivity (Wildman–Crippen MR) is 105 cm³/mol. The van der Waals surface area contributed by atoms with Crippen LogP contribution >= 0.6 is 0 Å². The number of urea groups is 1. The third-order valence-corrected chi connectivity index (χ3v) is 5.45. The Morgan fingerprint density at radius 2 is 1.81 bits per heavy atom. The number of carbonyl (C=O) groups excluding carboxylic acids is 1. The molecule has 2 fully saturated rings. The molecule has 2 amide bonds. The van der Waals surface area contributed by atoms with E-state index >= 15 is 0 Å². The van der Waals surface area contributed by atoms with Crippen LogP contribution < -0.4 is 10.6 Å². The summed E-state index contributed by atoms with van der Waals surface area (Å²) in [5, 5.41) is 6.37. The molecule has 0 spiro atoms. The van der Waals surface area contributed by atoms with E-state index in [0.717, 1.165) is 56.1 Å². The Balaban J connectivity index is 1.32. The normalized spacial score (nSPS) is 20.6. The van der Waals surface area contributed by atoms with Crippen LogP contribution in [0, 0.1) is 5.82 Å². The number of piperazine rings is 1. The lowest BCUT2D eigenvalue weighted by Gasteiger charge is -2.37. The molecule has 2 aromatic rings. The van der Waals surface area contributed by atoms with Crippen LogP contribution in [-0.4, -0.2) is 61.1 Å². The van der Waals surface area contributed by atoms with E-state index < -0.39 is 0 Å². The first-order valence-electron chi connectivity index (χ1n) is 9.56. The van der Waals surface area contributed by atoms with Gasteiger partial charge >= 0.3 is 6.03 Å². The van der Waals surface area contributed by atoms with Gasteiger partial charge in [-0.1, -0.05) is 24.3 Å². The summed E-state index contributed by atoms with van der Waals surface area (Å²) in [6.07, 6.45) is 1.20. The van der Waals surface area contributed by atoms with Crippen LogP contribution in [-0.2, 0) is 0 Å². The Labute approximate surface area is 159 Å². The molecule has 0 unspecified atom stereocenters. The molecule has 0 bridgehead atoms. The van der Waals surface area contributed by atoms with E-state index in [1.165, 1.54) is 18.6 Å². The fourth-order valence-corrected chi connectivity index (χ4v) is 3.86. The molecule has 0 aromatic heterocycles. The summed E-state index contributed by atoms with van der Waals surface area (Å²) in [7, 11) is 0. The zero-order chi connectivity index (χ0) is 18.6. The number of benzene rings is 2. The first-order chi connectivity index (χ1) is 13.2. The van der Waals surface area contributed by atoms with Gasteiger partial charge in [-0.3, -0.25) is 4.90 Å². The average Bonchev–Trinajstić information content (AvgIpc) is 3.23. The molecule has 27 heavy (non-hydrogen) atoms. The van der Waals surface area contributed by atoms with Crippen molar-refractivity contribution in [1.29, 1.82) is 0 Å². The van der Waals surface area contributed by atoms with Crippen LogP contribution in [0.1, 0.15) is 6.42 Å². The molecule has 2 saturated heterocycles. The highest BCUT2D eigenvalue weighted by Gasteiger charge is 2.27. The number of carbonyl (C=O) groups is 1. The maximum atomic E-state index is 13.4. The van der Waals surface area contributed by atoms with Crippen molar-refractivity contribution < 1.29 is 9.18 Å². The summed E-state index contributed by atoms with van der Waals surface area (Å²) in [6, 6.07) is 14.6. The van der Waals surface area contributed by atoms with Gasteiger partial charge in [-0.2, -0.15) is 0 Å². The van der Waals surface area contributed by atoms with Crippen LogP contribution in [0.5, 0.6) is 0 Å². The molecule has 2 aromatic carbocycles. The van der Waals surface area contributed by atoms with Crippen LogP contribution in [0.2, 0.25) is 0 Å². The van der Waals surface area contributed by atoms with E-state index in [0.29, 0.717) is 6.04 Å². The number of rotatable bonds is 3. The second-order valence-corrected chi connectivity index (χ2v) is 7.19. The Hall–Kier alpha value is -2.44. The second-order valence-electron chi connectivity index (χ2n) is 7.19. The maximum absolute atomic E-state index is 13.4. The molecule has 4 rings (SSSR count). The highest BCUT2D eigenvalue weighted by Crippen LogP contribution is 2.22. The van der Waals surface area contributed by atoms with Crippen LogP contribution in [0.25, 0.3) is 11.1 Å². The average molecular weight is 368 g/mol. The fourth-order valence-electron chi connectivity index (χ4n) is 3.86. The summed E-state index contributed by atoms with van der Waals surface area (Å²) in [6.45, 7) is 5.52. The molecule has 2 aliphatic rings. The fraction of sp³-hybridized carbons (Fsp3) is 0.381. The minimum absolute atomic E-state index is 0.0577. The van der Waals surface area contributed by atoms with E-state index in [-0.39, 0.29) is 11.8 Å². The van der Waals surface area contributed by atoms with Crippen molar-refractivity contribution in [3.63, 3.8) is 0 Å². The van der Waals surface area contributed by atoms with Gasteiger partial charge in [0, 0.05) is 44.5 Å². The van der Waals surface area contributed by atoms with Gasteiger partial charge in [-0.15, -0.1) is 0 Å². The van der Waals surface area contributed by atoms with Crippen molar-refractivity contribution in [2.45, 2.75) is 12.5 Å². The molecule has 6 heteroatoms. The highest BCUT2D eigenvalue weighted by atomic mass is 19.1. The van der Waals surface area contributed by atoms with Crippen molar-refractivity contribution >= 4 is 11.7 Å². The monoisotopic (exact) mass is 368 g/mol. The third kappa shape index (κ3) is 4.28. The second kappa shape index (κ2) is 8.06. The minimum Gasteiger partial charge on any atom is -0.322 e. The Bertz CT molecular complexity index is 781. The van der Waals surface area contributed by atoms with Gasteiger partial charge in [-0.25, -0.2) is 9.18 Å². The van der Waals surface area contributed by atoms with E-state index in [4.69, 9.17) is 0 Å². The van der Waals surface area contributed by atoms with E-state index in [1.54, 1.807) is 6.07 Å². The molecule has 1 atom stereocenters. The number of hydrogen-bond donors (Lipinski definition) is 2. The van der Waals surface area contributed by atoms with Gasteiger partial charge < -0.3 is 15.5 Å². The maximum Gasteiger partial charge on any atom is 0.321 e. The lowest BCUT2D eigenvalue weighted by molar-refractivity contribution is 0.119. The van der Waals surface area contributed by atoms with Gasteiger partial charge in [-0.05, 0) is 48.4 Å². The predicted octanol–water partition coefficient (Wildman–Crippen LogP) is 3.00. The van der Waals surface area contributed by atoms with Crippen molar-refractivity contribution in [1.82, 2.24) is 15.1 Å². The van der Waals surface area contributed by atoms with Crippen molar-refractivity contribution in [3.8, 4) is 11.1 Å². The van der Waals surface area contributed by atoms with Gasteiger partial charge in [0.05, 0.1) is 0 Å². The number of hydrogen-bond acceptors (Lipinski definition) is 3. The molecule has 2 aliphatic heterocycles. The number of anilines is 1. The molecular weight excluding hydrogens is 343 g/mol. The number of amides is 2. The zero-order valence-electron chi connectivity index (χ0n) is 15.3. The summed E-state index contributed by atoms with van der Waals surface area (Å²) in [4.78, 5) is 16.9. The van der Waals surface area contributed by atoms with Gasteiger partial charge in [0.25, 0.3) is 0 Å². The molecule has 0 aliphatic carbocycles. The Kier molecular flexibility index (Phi) is 5.36. The largest absolute Gasteiger partial charge is 0.322 e. The van der Waals surface area contributed by atoms with Gasteiger partial charge in [0.1, 0.15) is 5.82 Å². The third-order valence-electron chi connectivity index (χ3n) is 5.45. The molecular formula is C21H25FN4O. The van der Waals surface area contributed by atoms with E-state index in [1.807, 2.05) is 35.2 Å². The Morgan fingerprint density at radius 1 is 1.04 bits per heavy atom. The number of nitrogens with zero attached hydrogens (tertiary/aromatic N) is 2. The summed E-state index contributed by atoms with van der Waals surface area (Å²) in [5.41, 5.74) is 2.50. The van der Waals surface area contributed by atoms with Crippen LogP contribution in [0.4, 0.5) is 14.9 Å². The molecule has 5 nitrogen and oxygen atoms in total. The zero-order valence-corrected chi connectivity index (χ0v) is 15.3. The first-order valence-corrected chi connectivity index (χ1v) is 9.56.